The number of H-pyrrole nitrogens is 2. The molecule has 4 rings (SSSR count). The Morgan fingerprint density at radius 1 is 1.09 bits per heavy atom. The summed E-state index contributed by atoms with van der Waals surface area (Å²) >= 11 is 0. The number of rotatable bonds is 8. The molecular weight excluding hydrogens is 444 g/mol. The van der Waals surface area contributed by atoms with E-state index in [0.29, 0.717) is 11.3 Å². The van der Waals surface area contributed by atoms with Crippen LogP contribution in [-0.2, 0) is 16.1 Å². The third-order valence-corrected chi connectivity index (χ3v) is 6.02. The van der Waals surface area contributed by atoms with E-state index in [4.69, 9.17) is 4.74 Å². The Hall–Kier alpha value is -4.33. The quantitative estimate of drug-likeness (QED) is 0.341. The lowest BCUT2D eigenvalue weighted by Gasteiger charge is -2.29. The van der Waals surface area contributed by atoms with Crippen molar-refractivity contribution in [3.05, 3.63) is 116 Å². The van der Waals surface area contributed by atoms with Crippen LogP contribution in [0.3, 0.4) is 0 Å². The summed E-state index contributed by atoms with van der Waals surface area (Å²) in [6, 6.07) is 18.0. The van der Waals surface area contributed by atoms with Crippen molar-refractivity contribution in [3.63, 3.8) is 0 Å². The van der Waals surface area contributed by atoms with Gasteiger partial charge in [0.15, 0.2) is 0 Å². The number of ether oxygens (including phenoxy) is 1. The number of aromatic nitrogens is 2. The van der Waals surface area contributed by atoms with Gasteiger partial charge in [0, 0.05) is 24.5 Å². The van der Waals surface area contributed by atoms with Crippen molar-refractivity contribution in [2.75, 3.05) is 23.4 Å². The number of benzene rings is 2. The first-order valence-electron chi connectivity index (χ1n) is 11.4. The number of hydrogen-bond donors (Lipinski definition) is 3. The molecule has 0 saturated carbocycles. The number of nitrogens with zero attached hydrogens (tertiary/aromatic N) is 1. The van der Waals surface area contributed by atoms with Crippen molar-refractivity contribution in [2.24, 2.45) is 0 Å². The van der Waals surface area contributed by atoms with E-state index in [1.165, 1.54) is 11.6 Å². The number of carbonyl (C=O) groups excluding carboxylic acids is 1. The molecule has 8 heteroatoms. The number of aromatic amines is 2. The summed E-state index contributed by atoms with van der Waals surface area (Å²) in [5.41, 5.74) is 2.82. The Bertz CT molecular complexity index is 1370. The molecule has 180 valence electrons. The van der Waals surface area contributed by atoms with Crippen LogP contribution in [0, 0.1) is 0 Å². The minimum absolute atomic E-state index is 0.0427. The number of hydrogen-bond acceptors (Lipinski definition) is 6. The molecule has 0 fully saturated rings. The molecule has 1 aliphatic rings. The van der Waals surface area contributed by atoms with Crippen LogP contribution in [0.15, 0.2) is 88.1 Å². The highest BCUT2D eigenvalue weighted by Gasteiger charge is 2.36. The molecule has 0 amide bonds. The highest BCUT2D eigenvalue weighted by Crippen LogP contribution is 2.39. The zero-order valence-corrected chi connectivity index (χ0v) is 19.8. The van der Waals surface area contributed by atoms with Gasteiger partial charge in [-0.3, -0.25) is 14.8 Å². The average Bonchev–Trinajstić information content (AvgIpc) is 2.85. The summed E-state index contributed by atoms with van der Waals surface area (Å²) in [5, 5.41) is 2.98. The van der Waals surface area contributed by atoms with Gasteiger partial charge in [-0.15, -0.1) is 0 Å². The second kappa shape index (κ2) is 10.3. The largest absolute Gasteiger partial charge is 0.458 e. The van der Waals surface area contributed by atoms with E-state index < -0.39 is 23.1 Å². The van der Waals surface area contributed by atoms with Gasteiger partial charge in [0.2, 0.25) is 0 Å². The van der Waals surface area contributed by atoms with Crippen molar-refractivity contribution >= 4 is 17.5 Å². The van der Waals surface area contributed by atoms with Crippen LogP contribution < -0.4 is 21.5 Å². The Kier molecular flexibility index (Phi) is 7.01. The Balaban J connectivity index is 1.75. The van der Waals surface area contributed by atoms with Gasteiger partial charge in [-0.2, -0.15) is 0 Å². The number of allylic oxidation sites excluding steroid dienone is 1. The van der Waals surface area contributed by atoms with Crippen LogP contribution in [0.4, 0.5) is 11.5 Å². The lowest BCUT2D eigenvalue weighted by molar-refractivity contribution is -0.138. The molecule has 2 heterocycles. The Labute approximate surface area is 203 Å². The standard InChI is InChI=1S/C27H28N4O4/c1-4-15-35-26(33)21-17(3)28-24-23(25(32)30-27(34)29-24)22(21)19-11-13-20(14-12-19)31(5-2)16-18-9-7-6-8-10-18/h4,6-14,22H,1,5,15-16H2,2-3H3,(H3,28,29,30,32,34). The molecule has 35 heavy (non-hydrogen) atoms. The van der Waals surface area contributed by atoms with Gasteiger partial charge >= 0.3 is 11.7 Å². The molecular formula is C27H28N4O4. The molecule has 0 bridgehead atoms. The lowest BCUT2D eigenvalue weighted by atomic mass is 9.82. The summed E-state index contributed by atoms with van der Waals surface area (Å²) in [5.74, 6) is -1.01. The molecule has 0 radical (unpaired) electrons. The third kappa shape index (κ3) is 4.96. The molecule has 2 aromatic carbocycles. The van der Waals surface area contributed by atoms with Crippen molar-refractivity contribution in [1.82, 2.24) is 9.97 Å². The second-order valence-electron chi connectivity index (χ2n) is 8.27. The first-order chi connectivity index (χ1) is 16.9. The molecule has 1 aliphatic heterocycles. The fourth-order valence-electron chi connectivity index (χ4n) is 4.37. The van der Waals surface area contributed by atoms with E-state index in [9.17, 15) is 14.4 Å². The molecule has 1 atom stereocenters. The van der Waals surface area contributed by atoms with Crippen molar-refractivity contribution in [2.45, 2.75) is 26.3 Å². The van der Waals surface area contributed by atoms with E-state index in [2.05, 4.69) is 45.8 Å². The number of esters is 1. The van der Waals surface area contributed by atoms with Gasteiger partial charge in [-0.1, -0.05) is 55.1 Å². The molecule has 3 N–H and O–H groups in total. The molecule has 0 spiro atoms. The van der Waals surface area contributed by atoms with E-state index >= 15 is 0 Å². The minimum Gasteiger partial charge on any atom is -0.458 e. The maximum atomic E-state index is 13.0. The zero-order chi connectivity index (χ0) is 24.9. The normalized spacial score (nSPS) is 14.6. The van der Waals surface area contributed by atoms with Gasteiger partial charge in [0.05, 0.1) is 17.1 Å². The highest BCUT2D eigenvalue weighted by molar-refractivity contribution is 5.94. The molecule has 0 saturated heterocycles. The van der Waals surface area contributed by atoms with Crippen LogP contribution in [0.5, 0.6) is 0 Å². The summed E-state index contributed by atoms with van der Waals surface area (Å²) < 4.78 is 5.33. The van der Waals surface area contributed by atoms with Crippen LogP contribution in [0.2, 0.25) is 0 Å². The van der Waals surface area contributed by atoms with E-state index in [1.54, 1.807) is 6.92 Å². The highest BCUT2D eigenvalue weighted by atomic mass is 16.5. The fraction of sp³-hybridized carbons (Fsp3) is 0.222. The number of carbonyl (C=O) groups is 1. The summed E-state index contributed by atoms with van der Waals surface area (Å²) in [4.78, 5) is 44.9. The van der Waals surface area contributed by atoms with Crippen molar-refractivity contribution in [3.8, 4) is 0 Å². The smallest absolute Gasteiger partial charge is 0.337 e. The summed E-state index contributed by atoms with van der Waals surface area (Å²) in [6.07, 6.45) is 1.48. The minimum atomic E-state index is -0.720. The van der Waals surface area contributed by atoms with Crippen LogP contribution in [0.25, 0.3) is 0 Å². The predicted molar refractivity (Wildman–Crippen MR) is 137 cm³/mol. The Morgan fingerprint density at radius 3 is 2.46 bits per heavy atom. The summed E-state index contributed by atoms with van der Waals surface area (Å²) in [6.45, 7) is 9.01. The van der Waals surface area contributed by atoms with Crippen molar-refractivity contribution < 1.29 is 9.53 Å². The lowest BCUT2D eigenvalue weighted by Crippen LogP contribution is -2.35. The van der Waals surface area contributed by atoms with Gasteiger partial charge in [0.25, 0.3) is 5.56 Å². The van der Waals surface area contributed by atoms with E-state index in [-0.39, 0.29) is 18.0 Å². The maximum Gasteiger partial charge on any atom is 0.337 e. The average molecular weight is 473 g/mol. The molecule has 3 aromatic rings. The fourth-order valence-corrected chi connectivity index (χ4v) is 4.37. The SMILES string of the molecule is C=CCOC(=O)C1=C(C)Nc2[nH]c(=O)[nH]c(=O)c2C1c1ccc(N(CC)Cc2ccccc2)cc1. The molecule has 1 aromatic heterocycles. The number of anilines is 2. The van der Waals surface area contributed by atoms with E-state index in [0.717, 1.165) is 24.3 Å². The first kappa shape index (κ1) is 23.8. The number of nitrogens with one attached hydrogen (secondary N) is 3. The van der Waals surface area contributed by atoms with Crippen LogP contribution in [0.1, 0.15) is 36.5 Å². The van der Waals surface area contributed by atoms with Gasteiger partial charge in [-0.25, -0.2) is 9.59 Å². The van der Waals surface area contributed by atoms with Gasteiger partial charge in [0.1, 0.15) is 12.4 Å². The van der Waals surface area contributed by atoms with Gasteiger partial charge < -0.3 is 15.0 Å². The number of fused-ring (bicyclic) bond motifs is 1. The van der Waals surface area contributed by atoms with Crippen LogP contribution in [-0.4, -0.2) is 29.1 Å². The topological polar surface area (TPSA) is 107 Å². The maximum absolute atomic E-state index is 13.0. The first-order valence-corrected chi connectivity index (χ1v) is 11.4. The third-order valence-electron chi connectivity index (χ3n) is 6.02. The molecule has 0 aliphatic carbocycles. The van der Waals surface area contributed by atoms with Gasteiger partial charge in [-0.05, 0) is 37.1 Å². The van der Waals surface area contributed by atoms with Crippen LogP contribution >= 0.6 is 0 Å². The monoisotopic (exact) mass is 472 g/mol. The molecule has 1 unspecified atom stereocenters. The summed E-state index contributed by atoms with van der Waals surface area (Å²) in [7, 11) is 0. The second-order valence-corrected chi connectivity index (χ2v) is 8.27. The Morgan fingerprint density at radius 2 is 1.80 bits per heavy atom. The zero-order valence-electron chi connectivity index (χ0n) is 19.8. The molecule has 8 nitrogen and oxygen atoms in total. The predicted octanol–water partition coefficient (Wildman–Crippen LogP) is 3.65. The van der Waals surface area contributed by atoms with Crippen molar-refractivity contribution in [1.29, 1.82) is 0 Å². The van der Waals surface area contributed by atoms with E-state index in [1.807, 2.05) is 42.5 Å².